The second kappa shape index (κ2) is 8.36. The molecule has 28 heavy (non-hydrogen) atoms. The molecule has 0 radical (unpaired) electrons. The van der Waals surface area contributed by atoms with E-state index < -0.39 is 0 Å². The lowest BCUT2D eigenvalue weighted by Gasteiger charge is -2.36. The summed E-state index contributed by atoms with van der Waals surface area (Å²) in [6, 6.07) is 24.7. The van der Waals surface area contributed by atoms with Crippen LogP contribution in [0.25, 0.3) is 0 Å². The molecule has 3 aromatic carbocycles. The highest BCUT2D eigenvalue weighted by atomic mass is 35.5. The second-order valence-corrected chi connectivity index (χ2v) is 7.08. The van der Waals surface area contributed by atoms with Crippen LogP contribution in [-0.2, 0) is 0 Å². The van der Waals surface area contributed by atoms with E-state index in [2.05, 4.69) is 4.90 Å². The van der Waals surface area contributed by atoms with Gasteiger partial charge in [0, 0.05) is 31.7 Å². The zero-order valence-corrected chi connectivity index (χ0v) is 16.2. The van der Waals surface area contributed by atoms with Gasteiger partial charge < -0.3 is 14.5 Å². The Morgan fingerprint density at radius 2 is 1.36 bits per heavy atom. The molecule has 0 saturated carbocycles. The summed E-state index contributed by atoms with van der Waals surface area (Å²) >= 11 is 6.29. The van der Waals surface area contributed by atoms with Crippen molar-refractivity contribution in [2.24, 2.45) is 0 Å². The molecule has 1 heterocycles. The van der Waals surface area contributed by atoms with Gasteiger partial charge in [-0.15, -0.1) is 0 Å². The molecule has 1 aliphatic rings. The van der Waals surface area contributed by atoms with Crippen molar-refractivity contribution in [1.29, 1.82) is 0 Å². The minimum absolute atomic E-state index is 0.0464. The minimum Gasteiger partial charge on any atom is -0.457 e. The number of anilines is 1. The smallest absolute Gasteiger partial charge is 0.253 e. The van der Waals surface area contributed by atoms with Crippen LogP contribution in [0.1, 0.15) is 10.4 Å². The van der Waals surface area contributed by atoms with Crippen molar-refractivity contribution >= 4 is 23.2 Å². The summed E-state index contributed by atoms with van der Waals surface area (Å²) in [4.78, 5) is 16.9. The average Bonchev–Trinajstić information content (AvgIpc) is 2.75. The predicted octanol–water partition coefficient (Wildman–Crippen LogP) is 5.09. The van der Waals surface area contributed by atoms with Gasteiger partial charge in [-0.3, -0.25) is 4.79 Å². The van der Waals surface area contributed by atoms with Gasteiger partial charge in [0.25, 0.3) is 5.91 Å². The van der Waals surface area contributed by atoms with Crippen LogP contribution in [0.15, 0.2) is 78.9 Å². The number of hydrogen-bond acceptors (Lipinski definition) is 3. The number of rotatable bonds is 4. The molecule has 1 saturated heterocycles. The van der Waals surface area contributed by atoms with E-state index in [-0.39, 0.29) is 5.91 Å². The topological polar surface area (TPSA) is 32.8 Å². The first-order chi connectivity index (χ1) is 13.7. The molecule has 4 rings (SSSR count). The molecular weight excluding hydrogens is 372 g/mol. The summed E-state index contributed by atoms with van der Waals surface area (Å²) < 4.78 is 5.79. The Hall–Kier alpha value is -2.98. The van der Waals surface area contributed by atoms with Crippen molar-refractivity contribution in [3.63, 3.8) is 0 Å². The van der Waals surface area contributed by atoms with Gasteiger partial charge in [-0.25, -0.2) is 0 Å². The molecule has 5 heteroatoms. The summed E-state index contributed by atoms with van der Waals surface area (Å²) in [6.45, 7) is 2.88. The summed E-state index contributed by atoms with van der Waals surface area (Å²) in [7, 11) is 0. The fourth-order valence-corrected chi connectivity index (χ4v) is 3.59. The third kappa shape index (κ3) is 4.12. The largest absolute Gasteiger partial charge is 0.457 e. The van der Waals surface area contributed by atoms with E-state index in [1.54, 1.807) is 0 Å². The maximum Gasteiger partial charge on any atom is 0.253 e. The van der Waals surface area contributed by atoms with E-state index in [9.17, 15) is 4.79 Å². The summed E-state index contributed by atoms with van der Waals surface area (Å²) in [5.41, 5.74) is 1.70. The number of benzene rings is 3. The molecular formula is C23H21ClN2O2. The van der Waals surface area contributed by atoms with E-state index >= 15 is 0 Å². The van der Waals surface area contributed by atoms with Gasteiger partial charge in [0.15, 0.2) is 0 Å². The Morgan fingerprint density at radius 3 is 2.04 bits per heavy atom. The number of carbonyl (C=O) groups is 1. The molecule has 0 atom stereocenters. The molecule has 0 aromatic heterocycles. The Bertz CT molecular complexity index is 936. The van der Waals surface area contributed by atoms with Crippen molar-refractivity contribution in [2.75, 3.05) is 31.1 Å². The number of hydrogen-bond donors (Lipinski definition) is 0. The highest BCUT2D eigenvalue weighted by Crippen LogP contribution is 2.26. The first-order valence-corrected chi connectivity index (χ1v) is 9.70. The number of ether oxygens (including phenoxy) is 1. The molecule has 0 N–H and O–H groups in total. The number of para-hydroxylation sites is 2. The molecule has 3 aromatic rings. The Balaban J connectivity index is 1.37. The molecule has 1 aliphatic heterocycles. The van der Waals surface area contributed by atoms with Gasteiger partial charge in [0.1, 0.15) is 11.5 Å². The van der Waals surface area contributed by atoms with E-state index in [1.807, 2.05) is 83.8 Å². The molecule has 0 spiro atoms. The van der Waals surface area contributed by atoms with Crippen molar-refractivity contribution in [3.05, 3.63) is 89.4 Å². The second-order valence-electron chi connectivity index (χ2n) is 6.67. The molecule has 1 amide bonds. The van der Waals surface area contributed by atoms with Crippen LogP contribution in [0.3, 0.4) is 0 Å². The molecule has 0 unspecified atom stereocenters. The summed E-state index contributed by atoms with van der Waals surface area (Å²) in [5, 5.41) is 0.747. The monoisotopic (exact) mass is 392 g/mol. The Labute approximate surface area is 169 Å². The van der Waals surface area contributed by atoms with Gasteiger partial charge in [-0.2, -0.15) is 0 Å². The van der Waals surface area contributed by atoms with Crippen molar-refractivity contribution < 1.29 is 9.53 Å². The highest BCUT2D eigenvalue weighted by molar-refractivity contribution is 6.33. The number of amides is 1. The normalized spacial score (nSPS) is 14.0. The number of piperazine rings is 1. The van der Waals surface area contributed by atoms with Crippen molar-refractivity contribution in [2.45, 2.75) is 0 Å². The van der Waals surface area contributed by atoms with Crippen molar-refractivity contribution in [1.82, 2.24) is 4.90 Å². The molecule has 0 aliphatic carbocycles. The van der Waals surface area contributed by atoms with Crippen LogP contribution in [0.2, 0.25) is 5.02 Å². The zero-order valence-electron chi connectivity index (χ0n) is 15.4. The van der Waals surface area contributed by atoms with Crippen LogP contribution >= 0.6 is 11.6 Å². The van der Waals surface area contributed by atoms with E-state index in [0.717, 1.165) is 29.5 Å². The quantitative estimate of drug-likeness (QED) is 0.619. The lowest BCUT2D eigenvalue weighted by Crippen LogP contribution is -2.48. The zero-order chi connectivity index (χ0) is 19.3. The number of halogens is 1. The first kappa shape index (κ1) is 18.4. The number of nitrogens with zero attached hydrogens (tertiary/aromatic N) is 2. The third-order valence-corrected chi connectivity index (χ3v) is 5.16. The lowest BCUT2D eigenvalue weighted by molar-refractivity contribution is 0.0747. The summed E-state index contributed by atoms with van der Waals surface area (Å²) in [6.07, 6.45) is 0. The van der Waals surface area contributed by atoms with Gasteiger partial charge in [-0.05, 0) is 48.5 Å². The van der Waals surface area contributed by atoms with Gasteiger partial charge in [-0.1, -0.05) is 41.9 Å². The fourth-order valence-electron chi connectivity index (χ4n) is 3.33. The van der Waals surface area contributed by atoms with E-state index in [4.69, 9.17) is 16.3 Å². The van der Waals surface area contributed by atoms with Gasteiger partial charge >= 0.3 is 0 Å². The van der Waals surface area contributed by atoms with E-state index in [1.165, 1.54) is 0 Å². The maximum atomic E-state index is 12.8. The molecule has 4 nitrogen and oxygen atoms in total. The van der Waals surface area contributed by atoms with Crippen LogP contribution < -0.4 is 9.64 Å². The van der Waals surface area contributed by atoms with Gasteiger partial charge in [0.2, 0.25) is 0 Å². The lowest BCUT2D eigenvalue weighted by atomic mass is 10.1. The third-order valence-electron chi connectivity index (χ3n) is 4.84. The molecule has 142 valence electrons. The van der Waals surface area contributed by atoms with Crippen LogP contribution in [0, 0.1) is 0 Å². The van der Waals surface area contributed by atoms with Crippen molar-refractivity contribution in [3.8, 4) is 11.5 Å². The van der Waals surface area contributed by atoms with Crippen LogP contribution in [-0.4, -0.2) is 37.0 Å². The maximum absolute atomic E-state index is 12.8. The first-order valence-electron chi connectivity index (χ1n) is 9.32. The Morgan fingerprint density at radius 1 is 0.750 bits per heavy atom. The number of carbonyl (C=O) groups excluding carboxylic acids is 1. The standard InChI is InChI=1S/C23H21ClN2O2/c24-21-8-4-5-9-22(21)25-14-16-26(17-15-25)23(27)18-10-12-20(13-11-18)28-19-6-2-1-3-7-19/h1-13H,14-17H2. The van der Waals surface area contributed by atoms with Crippen LogP contribution in [0.4, 0.5) is 5.69 Å². The molecule has 0 bridgehead atoms. The SMILES string of the molecule is O=C(c1ccc(Oc2ccccc2)cc1)N1CCN(c2ccccc2Cl)CC1. The fraction of sp³-hybridized carbons (Fsp3) is 0.174. The predicted molar refractivity (Wildman–Crippen MR) is 113 cm³/mol. The molecule has 1 fully saturated rings. The van der Waals surface area contributed by atoms with Crippen LogP contribution in [0.5, 0.6) is 11.5 Å². The summed E-state index contributed by atoms with van der Waals surface area (Å²) in [5.74, 6) is 1.54. The minimum atomic E-state index is 0.0464. The Kier molecular flexibility index (Phi) is 5.49. The highest BCUT2D eigenvalue weighted by Gasteiger charge is 2.23. The van der Waals surface area contributed by atoms with Gasteiger partial charge in [0.05, 0.1) is 10.7 Å². The van der Waals surface area contributed by atoms with E-state index in [0.29, 0.717) is 24.4 Å². The average molecular weight is 393 g/mol.